The summed E-state index contributed by atoms with van der Waals surface area (Å²) in [7, 11) is 0. The van der Waals surface area contributed by atoms with Crippen molar-refractivity contribution >= 4 is 11.7 Å². The van der Waals surface area contributed by atoms with Gasteiger partial charge in [0.1, 0.15) is 5.82 Å². The summed E-state index contributed by atoms with van der Waals surface area (Å²) in [6.07, 6.45) is 3.87. The molecule has 1 aliphatic rings. The maximum Gasteiger partial charge on any atom is 0.257 e. The molecule has 2 aromatic rings. The van der Waals surface area contributed by atoms with Gasteiger partial charge in [-0.2, -0.15) is 0 Å². The number of pyridine rings is 2. The van der Waals surface area contributed by atoms with Crippen LogP contribution >= 0.6 is 0 Å². The number of carbonyl (C=O) groups excluding carboxylic acids is 1. The van der Waals surface area contributed by atoms with Gasteiger partial charge in [0.15, 0.2) is 0 Å². The van der Waals surface area contributed by atoms with E-state index in [-0.39, 0.29) is 11.9 Å². The van der Waals surface area contributed by atoms with Crippen molar-refractivity contribution in [3.8, 4) is 0 Å². The monoisotopic (exact) mass is 310 g/mol. The Balaban J connectivity index is 1.81. The van der Waals surface area contributed by atoms with Gasteiger partial charge in [-0.05, 0) is 51.0 Å². The van der Waals surface area contributed by atoms with Crippen molar-refractivity contribution in [3.63, 3.8) is 0 Å². The van der Waals surface area contributed by atoms with Crippen molar-refractivity contribution < 1.29 is 4.79 Å². The number of carbonyl (C=O) groups is 1. The van der Waals surface area contributed by atoms with E-state index in [1.165, 1.54) is 0 Å². The summed E-state index contributed by atoms with van der Waals surface area (Å²) in [6, 6.07) is 9.57. The summed E-state index contributed by atoms with van der Waals surface area (Å²) in [4.78, 5) is 23.5. The summed E-state index contributed by atoms with van der Waals surface area (Å²) in [5.74, 6) is 0.683. The molecule has 3 heterocycles. The van der Waals surface area contributed by atoms with Crippen molar-refractivity contribution in [1.29, 1.82) is 0 Å². The molecule has 0 aromatic carbocycles. The number of nitrogens with zero attached hydrogens (tertiary/aromatic N) is 3. The predicted molar refractivity (Wildman–Crippen MR) is 90.4 cm³/mol. The number of aryl methyl sites for hydroxylation is 1. The van der Waals surface area contributed by atoms with Gasteiger partial charge in [-0.25, -0.2) is 4.98 Å². The van der Waals surface area contributed by atoms with Crippen LogP contribution in [0.25, 0.3) is 0 Å². The van der Waals surface area contributed by atoms with Crippen molar-refractivity contribution in [2.45, 2.75) is 32.7 Å². The second-order valence-corrected chi connectivity index (χ2v) is 5.97. The van der Waals surface area contributed by atoms with Crippen LogP contribution in [0, 0.1) is 6.92 Å². The molecule has 0 radical (unpaired) electrons. The van der Waals surface area contributed by atoms with Crippen molar-refractivity contribution in [3.05, 3.63) is 53.5 Å². The number of anilines is 1. The Morgan fingerprint density at radius 3 is 2.74 bits per heavy atom. The van der Waals surface area contributed by atoms with E-state index in [9.17, 15) is 4.79 Å². The third-order valence-corrected chi connectivity index (χ3v) is 4.14. The van der Waals surface area contributed by atoms with Gasteiger partial charge in [-0.1, -0.05) is 6.07 Å². The Morgan fingerprint density at radius 2 is 2.00 bits per heavy atom. The number of rotatable bonds is 4. The first-order valence-corrected chi connectivity index (χ1v) is 8.09. The Hall–Kier alpha value is -2.43. The van der Waals surface area contributed by atoms with Gasteiger partial charge in [-0.3, -0.25) is 9.78 Å². The maximum atomic E-state index is 12.7. The molecule has 0 bridgehead atoms. The zero-order valence-electron chi connectivity index (χ0n) is 13.6. The molecule has 1 unspecified atom stereocenters. The van der Waals surface area contributed by atoms with Crippen LogP contribution in [-0.2, 0) is 0 Å². The molecule has 1 atom stereocenters. The normalized spacial score (nSPS) is 15.5. The topological polar surface area (TPSA) is 58.1 Å². The molecular weight excluding hydrogens is 288 g/mol. The van der Waals surface area contributed by atoms with Crippen molar-refractivity contribution in [1.82, 2.24) is 14.9 Å². The summed E-state index contributed by atoms with van der Waals surface area (Å²) >= 11 is 0. The van der Waals surface area contributed by atoms with E-state index >= 15 is 0 Å². The fourth-order valence-corrected chi connectivity index (χ4v) is 2.87. The molecule has 5 nitrogen and oxygen atoms in total. The van der Waals surface area contributed by atoms with Gasteiger partial charge in [0.2, 0.25) is 0 Å². The van der Waals surface area contributed by atoms with Gasteiger partial charge in [0, 0.05) is 25.0 Å². The Kier molecular flexibility index (Phi) is 4.55. The fourth-order valence-electron chi connectivity index (χ4n) is 2.87. The molecule has 0 spiro atoms. The van der Waals surface area contributed by atoms with Crippen molar-refractivity contribution in [2.75, 3.05) is 18.4 Å². The molecule has 0 aliphatic carbocycles. The van der Waals surface area contributed by atoms with Gasteiger partial charge < -0.3 is 10.2 Å². The first kappa shape index (κ1) is 15.5. The van der Waals surface area contributed by atoms with Crippen LogP contribution in [0.1, 0.15) is 47.6 Å². The number of hydrogen-bond acceptors (Lipinski definition) is 4. The highest BCUT2D eigenvalue weighted by Gasteiger charge is 2.23. The third-order valence-electron chi connectivity index (χ3n) is 4.14. The molecule has 120 valence electrons. The van der Waals surface area contributed by atoms with E-state index in [0.29, 0.717) is 11.4 Å². The smallest absolute Gasteiger partial charge is 0.257 e. The molecule has 5 heteroatoms. The summed E-state index contributed by atoms with van der Waals surface area (Å²) in [5, 5.41) is 3.34. The average Bonchev–Trinajstić information content (AvgIpc) is 3.09. The molecule has 1 N–H and O–H groups in total. The van der Waals surface area contributed by atoms with E-state index in [4.69, 9.17) is 0 Å². The lowest BCUT2D eigenvalue weighted by atomic mass is 10.1. The van der Waals surface area contributed by atoms with Crippen LogP contribution in [0.3, 0.4) is 0 Å². The lowest BCUT2D eigenvalue weighted by Gasteiger charge is -2.20. The van der Waals surface area contributed by atoms with E-state index < -0.39 is 0 Å². The first-order valence-electron chi connectivity index (χ1n) is 8.09. The molecule has 2 aromatic heterocycles. The Labute approximate surface area is 136 Å². The highest BCUT2D eigenvalue weighted by atomic mass is 16.2. The maximum absolute atomic E-state index is 12.7. The SMILES string of the molecule is Cc1cccc(C(C)Nc2ncccc2C(=O)N2CCCC2)n1. The molecule has 1 amide bonds. The van der Waals surface area contributed by atoms with Gasteiger partial charge >= 0.3 is 0 Å². The molecule has 23 heavy (non-hydrogen) atoms. The molecule has 3 rings (SSSR count). The number of likely N-dealkylation sites (tertiary alicyclic amines) is 1. The molecule has 1 saturated heterocycles. The second-order valence-electron chi connectivity index (χ2n) is 5.97. The van der Waals surface area contributed by atoms with Crippen LogP contribution in [0.4, 0.5) is 5.82 Å². The molecule has 1 aliphatic heterocycles. The summed E-state index contributed by atoms with van der Waals surface area (Å²) in [5.41, 5.74) is 2.55. The molecule has 0 saturated carbocycles. The summed E-state index contributed by atoms with van der Waals surface area (Å²) < 4.78 is 0. The lowest BCUT2D eigenvalue weighted by molar-refractivity contribution is 0.0793. The quantitative estimate of drug-likeness (QED) is 0.942. The molecular formula is C18H22N4O. The van der Waals surface area contributed by atoms with Gasteiger partial charge in [0.25, 0.3) is 5.91 Å². The van der Waals surface area contributed by atoms with E-state index in [0.717, 1.165) is 37.3 Å². The van der Waals surface area contributed by atoms with Crippen LogP contribution in [0.2, 0.25) is 0 Å². The minimum Gasteiger partial charge on any atom is -0.361 e. The first-order chi connectivity index (χ1) is 11.1. The minimum atomic E-state index is -0.0186. The van der Waals surface area contributed by atoms with Crippen molar-refractivity contribution in [2.24, 2.45) is 0 Å². The number of aromatic nitrogens is 2. The van der Waals surface area contributed by atoms with Gasteiger partial charge in [0.05, 0.1) is 17.3 Å². The Bertz CT molecular complexity index is 695. The largest absolute Gasteiger partial charge is 0.361 e. The number of nitrogens with one attached hydrogen (secondary N) is 1. The zero-order valence-corrected chi connectivity index (χ0v) is 13.6. The third kappa shape index (κ3) is 3.50. The van der Waals surface area contributed by atoms with Crippen LogP contribution < -0.4 is 5.32 Å². The van der Waals surface area contributed by atoms with E-state index in [1.807, 2.05) is 49.1 Å². The van der Waals surface area contributed by atoms with E-state index in [1.54, 1.807) is 6.20 Å². The second kappa shape index (κ2) is 6.77. The van der Waals surface area contributed by atoms with Crippen LogP contribution in [0.15, 0.2) is 36.5 Å². The number of amides is 1. The van der Waals surface area contributed by atoms with Gasteiger partial charge in [-0.15, -0.1) is 0 Å². The highest BCUT2D eigenvalue weighted by Crippen LogP contribution is 2.22. The highest BCUT2D eigenvalue weighted by molar-refractivity contribution is 5.98. The zero-order chi connectivity index (χ0) is 16.2. The lowest BCUT2D eigenvalue weighted by Crippen LogP contribution is -2.28. The predicted octanol–water partition coefficient (Wildman–Crippen LogP) is 3.19. The average molecular weight is 310 g/mol. The molecule has 1 fully saturated rings. The van der Waals surface area contributed by atoms with E-state index in [2.05, 4.69) is 15.3 Å². The van der Waals surface area contributed by atoms with Crippen LogP contribution in [0.5, 0.6) is 0 Å². The van der Waals surface area contributed by atoms with Crippen LogP contribution in [-0.4, -0.2) is 33.9 Å². The Morgan fingerprint density at radius 1 is 1.22 bits per heavy atom. The fraction of sp³-hybridized carbons (Fsp3) is 0.389. The standard InChI is InChI=1S/C18H22N4O/c1-13-7-5-9-16(20-13)14(2)21-17-15(8-6-10-19-17)18(23)22-11-3-4-12-22/h5-10,14H,3-4,11-12H2,1-2H3,(H,19,21). The minimum absolute atomic E-state index is 0.0186. The summed E-state index contributed by atoms with van der Waals surface area (Å²) in [6.45, 7) is 5.67. The number of hydrogen-bond donors (Lipinski definition) is 1.